The lowest BCUT2D eigenvalue weighted by atomic mass is 10.1. The molecule has 174 valence electrons. The number of aromatic nitrogens is 3. The van der Waals surface area contributed by atoms with Gasteiger partial charge < -0.3 is 21.1 Å². The SMILES string of the molecule is COc1ccc(CCNc2ncc(C)n(CC(=O)NCc3ccc(N)nc3C)c2=O)cc1F. The first kappa shape index (κ1) is 23.7. The van der Waals surface area contributed by atoms with Crippen molar-refractivity contribution in [2.75, 3.05) is 24.7 Å². The molecule has 0 fully saturated rings. The normalized spacial score (nSPS) is 10.7. The summed E-state index contributed by atoms with van der Waals surface area (Å²) >= 11 is 0. The number of hydrogen-bond donors (Lipinski definition) is 3. The van der Waals surface area contributed by atoms with E-state index in [0.717, 1.165) is 16.8 Å². The number of carbonyl (C=O) groups excluding carboxylic acids is 1. The largest absolute Gasteiger partial charge is 0.494 e. The van der Waals surface area contributed by atoms with Gasteiger partial charge in [-0.1, -0.05) is 12.1 Å². The molecule has 33 heavy (non-hydrogen) atoms. The minimum Gasteiger partial charge on any atom is -0.494 e. The number of ether oxygens (including phenoxy) is 1. The average molecular weight is 455 g/mol. The third kappa shape index (κ3) is 6.06. The second kappa shape index (κ2) is 10.6. The molecule has 0 spiro atoms. The van der Waals surface area contributed by atoms with E-state index in [1.54, 1.807) is 31.2 Å². The maximum atomic E-state index is 13.8. The highest BCUT2D eigenvalue weighted by Gasteiger charge is 2.12. The smallest absolute Gasteiger partial charge is 0.293 e. The van der Waals surface area contributed by atoms with Crippen LogP contribution in [-0.2, 0) is 24.3 Å². The first-order valence-electron chi connectivity index (χ1n) is 10.4. The minimum absolute atomic E-state index is 0.126. The van der Waals surface area contributed by atoms with E-state index in [0.29, 0.717) is 24.5 Å². The zero-order chi connectivity index (χ0) is 24.0. The Hall–Kier alpha value is -3.95. The van der Waals surface area contributed by atoms with E-state index < -0.39 is 11.4 Å². The van der Waals surface area contributed by atoms with E-state index in [1.807, 2.05) is 6.92 Å². The number of carbonyl (C=O) groups is 1. The first-order valence-corrected chi connectivity index (χ1v) is 10.4. The van der Waals surface area contributed by atoms with E-state index in [2.05, 4.69) is 20.6 Å². The molecular formula is C23H27FN6O3. The Bertz CT molecular complexity index is 1210. The number of nitrogens with zero attached hydrogens (tertiary/aromatic N) is 3. The van der Waals surface area contributed by atoms with Crippen molar-refractivity contribution in [3.8, 4) is 5.75 Å². The van der Waals surface area contributed by atoms with Crippen molar-refractivity contribution < 1.29 is 13.9 Å². The Labute approximate surface area is 190 Å². The Morgan fingerprint density at radius 1 is 1.24 bits per heavy atom. The number of amides is 1. The molecular weight excluding hydrogens is 427 g/mol. The zero-order valence-electron chi connectivity index (χ0n) is 18.8. The number of methoxy groups -OCH3 is 1. The van der Waals surface area contributed by atoms with Crippen molar-refractivity contribution >= 4 is 17.5 Å². The number of anilines is 2. The molecule has 3 aromatic rings. The van der Waals surface area contributed by atoms with Gasteiger partial charge in [-0.05, 0) is 49.6 Å². The van der Waals surface area contributed by atoms with Crippen LogP contribution in [0.3, 0.4) is 0 Å². The van der Waals surface area contributed by atoms with Crippen LogP contribution in [0.1, 0.15) is 22.5 Å². The molecule has 0 saturated heterocycles. The quantitative estimate of drug-likeness (QED) is 0.451. The van der Waals surface area contributed by atoms with Gasteiger partial charge in [-0.15, -0.1) is 0 Å². The van der Waals surface area contributed by atoms with Crippen molar-refractivity contribution in [2.45, 2.75) is 33.4 Å². The Balaban J connectivity index is 1.61. The van der Waals surface area contributed by atoms with E-state index in [4.69, 9.17) is 10.5 Å². The van der Waals surface area contributed by atoms with Gasteiger partial charge in [-0.25, -0.2) is 14.4 Å². The van der Waals surface area contributed by atoms with Crippen molar-refractivity contribution in [3.05, 3.63) is 75.2 Å². The van der Waals surface area contributed by atoms with E-state index in [1.165, 1.54) is 23.9 Å². The van der Waals surface area contributed by atoms with E-state index in [9.17, 15) is 14.0 Å². The number of nitrogens with one attached hydrogen (secondary N) is 2. The fraction of sp³-hybridized carbons (Fsp3) is 0.304. The van der Waals surface area contributed by atoms with E-state index >= 15 is 0 Å². The van der Waals surface area contributed by atoms with Gasteiger partial charge in [0.2, 0.25) is 5.91 Å². The zero-order valence-corrected chi connectivity index (χ0v) is 18.8. The van der Waals surface area contributed by atoms with E-state index in [-0.39, 0.29) is 30.6 Å². The summed E-state index contributed by atoms with van der Waals surface area (Å²) in [5, 5.41) is 5.77. The minimum atomic E-state index is -0.443. The third-order valence-electron chi connectivity index (χ3n) is 5.17. The molecule has 10 heteroatoms. The lowest BCUT2D eigenvalue weighted by Crippen LogP contribution is -2.34. The van der Waals surface area contributed by atoms with Crippen LogP contribution in [0, 0.1) is 19.7 Å². The summed E-state index contributed by atoms with van der Waals surface area (Å²) < 4.78 is 20.1. The molecule has 1 aromatic carbocycles. The summed E-state index contributed by atoms with van der Waals surface area (Å²) in [7, 11) is 1.41. The van der Waals surface area contributed by atoms with Gasteiger partial charge in [0.05, 0.1) is 7.11 Å². The summed E-state index contributed by atoms with van der Waals surface area (Å²) in [6.45, 7) is 4.02. The van der Waals surface area contributed by atoms with Crippen LogP contribution >= 0.6 is 0 Å². The summed E-state index contributed by atoms with van der Waals surface area (Å²) in [5.74, 6) is -0.0420. The van der Waals surface area contributed by atoms with Crippen LogP contribution in [-0.4, -0.2) is 34.1 Å². The molecule has 0 unspecified atom stereocenters. The maximum absolute atomic E-state index is 13.8. The number of hydrogen-bond acceptors (Lipinski definition) is 7. The fourth-order valence-electron chi connectivity index (χ4n) is 3.27. The Morgan fingerprint density at radius 3 is 2.73 bits per heavy atom. The number of nitrogens with two attached hydrogens (primary N) is 1. The fourth-order valence-corrected chi connectivity index (χ4v) is 3.27. The standard InChI is InChI=1S/C23H27FN6O3/c1-14-11-28-22(26-9-8-16-4-6-19(33-3)18(24)10-16)23(32)30(14)13-21(31)27-12-17-5-7-20(25)29-15(17)2/h4-7,10-11H,8-9,12-13H2,1-3H3,(H2,25,29)(H,26,28)(H,27,31). The van der Waals surface area contributed by atoms with Gasteiger partial charge in [-0.3, -0.25) is 14.2 Å². The predicted molar refractivity (Wildman–Crippen MR) is 124 cm³/mol. The summed E-state index contributed by atoms with van der Waals surface area (Å²) in [5.41, 5.74) is 8.13. The second-order valence-corrected chi connectivity index (χ2v) is 7.54. The number of halogens is 1. The number of aryl methyl sites for hydroxylation is 2. The lowest BCUT2D eigenvalue weighted by Gasteiger charge is -2.13. The molecule has 0 aliphatic rings. The number of nitrogen functional groups attached to an aromatic ring is 1. The Kier molecular flexibility index (Phi) is 7.60. The van der Waals surface area contributed by atoms with Crippen molar-refractivity contribution in [1.29, 1.82) is 0 Å². The highest BCUT2D eigenvalue weighted by atomic mass is 19.1. The molecule has 3 rings (SSSR count). The molecule has 4 N–H and O–H groups in total. The van der Waals surface area contributed by atoms with Crippen molar-refractivity contribution in [1.82, 2.24) is 19.9 Å². The van der Waals surface area contributed by atoms with Gasteiger partial charge in [0, 0.05) is 30.7 Å². The van der Waals surface area contributed by atoms with Gasteiger partial charge >= 0.3 is 0 Å². The topological polar surface area (TPSA) is 124 Å². The van der Waals surface area contributed by atoms with Crippen LogP contribution in [0.5, 0.6) is 5.75 Å². The highest BCUT2D eigenvalue weighted by Crippen LogP contribution is 2.18. The van der Waals surface area contributed by atoms with Crippen LogP contribution in [0.2, 0.25) is 0 Å². The molecule has 0 radical (unpaired) electrons. The number of rotatable bonds is 9. The average Bonchev–Trinajstić information content (AvgIpc) is 2.77. The molecule has 0 aliphatic heterocycles. The summed E-state index contributed by atoms with van der Waals surface area (Å²) in [6.07, 6.45) is 2.00. The molecule has 0 saturated carbocycles. The number of pyridine rings is 1. The van der Waals surface area contributed by atoms with Gasteiger partial charge in [0.25, 0.3) is 5.56 Å². The van der Waals surface area contributed by atoms with Crippen LogP contribution in [0.4, 0.5) is 16.0 Å². The van der Waals surface area contributed by atoms with Gasteiger partial charge in [-0.2, -0.15) is 0 Å². The van der Waals surface area contributed by atoms with Crippen molar-refractivity contribution in [2.24, 2.45) is 0 Å². The summed E-state index contributed by atoms with van der Waals surface area (Å²) in [4.78, 5) is 33.6. The predicted octanol–water partition coefficient (Wildman–Crippen LogP) is 1.96. The maximum Gasteiger partial charge on any atom is 0.293 e. The lowest BCUT2D eigenvalue weighted by molar-refractivity contribution is -0.121. The third-order valence-corrected chi connectivity index (χ3v) is 5.17. The molecule has 2 aromatic heterocycles. The van der Waals surface area contributed by atoms with Crippen LogP contribution < -0.4 is 26.7 Å². The van der Waals surface area contributed by atoms with Crippen molar-refractivity contribution in [3.63, 3.8) is 0 Å². The number of benzene rings is 1. The Morgan fingerprint density at radius 2 is 2.03 bits per heavy atom. The van der Waals surface area contributed by atoms with Crippen LogP contribution in [0.25, 0.3) is 0 Å². The second-order valence-electron chi connectivity index (χ2n) is 7.54. The monoisotopic (exact) mass is 454 g/mol. The molecule has 9 nitrogen and oxygen atoms in total. The molecule has 0 atom stereocenters. The van der Waals surface area contributed by atoms with Gasteiger partial charge in [0.1, 0.15) is 12.4 Å². The molecule has 2 heterocycles. The molecule has 1 amide bonds. The molecule has 0 aliphatic carbocycles. The van der Waals surface area contributed by atoms with Gasteiger partial charge in [0.15, 0.2) is 17.4 Å². The summed E-state index contributed by atoms with van der Waals surface area (Å²) in [6, 6.07) is 8.18. The highest BCUT2D eigenvalue weighted by molar-refractivity contribution is 5.75. The first-order chi connectivity index (χ1) is 15.8. The molecule has 0 bridgehead atoms. The van der Waals surface area contributed by atoms with Crippen LogP contribution in [0.15, 0.2) is 41.3 Å².